The molecule has 0 saturated carbocycles. The highest BCUT2D eigenvalue weighted by atomic mass is 16.3. The minimum Gasteiger partial charge on any atom is -0.507 e. The molecule has 0 aliphatic rings. The van der Waals surface area contributed by atoms with Crippen LogP contribution in [-0.4, -0.2) is 15.3 Å². The third kappa shape index (κ3) is 2.18. The van der Waals surface area contributed by atoms with Crippen molar-refractivity contribution < 1.29 is 5.11 Å². The van der Waals surface area contributed by atoms with Crippen molar-refractivity contribution in [1.29, 1.82) is 0 Å². The minimum atomic E-state index is 0.362. The zero-order valence-corrected chi connectivity index (χ0v) is 11.3. The lowest BCUT2D eigenvalue weighted by Crippen LogP contribution is -2.03. The lowest BCUT2D eigenvalue weighted by Gasteiger charge is -2.12. The average Bonchev–Trinajstić information content (AvgIpc) is 2.66. The predicted octanol–water partition coefficient (Wildman–Crippen LogP) is 2.96. The van der Waals surface area contributed by atoms with Crippen LogP contribution in [0.3, 0.4) is 0 Å². The van der Waals surface area contributed by atoms with E-state index in [1.807, 2.05) is 39.8 Å². The zero-order valence-electron chi connectivity index (χ0n) is 11.3. The van der Waals surface area contributed by atoms with Gasteiger partial charge in [-0.2, -0.15) is 5.10 Å². The molecule has 3 N–H and O–H groups in total. The predicted molar refractivity (Wildman–Crippen MR) is 73.0 cm³/mol. The van der Waals surface area contributed by atoms with Crippen molar-refractivity contribution in [2.45, 2.75) is 34.2 Å². The number of anilines is 1. The number of H-pyrrole nitrogens is 1. The first-order valence-corrected chi connectivity index (χ1v) is 6.04. The number of benzene rings is 1. The summed E-state index contributed by atoms with van der Waals surface area (Å²) in [4.78, 5) is 0. The lowest BCUT2D eigenvalue weighted by atomic mass is 10.1. The smallest absolute Gasteiger partial charge is 0.123 e. The fourth-order valence-electron chi connectivity index (χ4n) is 2.05. The molecular formula is C14H19N3O. The van der Waals surface area contributed by atoms with Gasteiger partial charge in [-0.25, -0.2) is 0 Å². The van der Waals surface area contributed by atoms with Crippen LogP contribution in [0.1, 0.15) is 28.1 Å². The molecule has 1 aromatic carbocycles. The molecule has 0 fully saturated rings. The molecule has 0 aliphatic heterocycles. The molecule has 0 aliphatic carbocycles. The third-order valence-electron chi connectivity index (χ3n) is 3.37. The van der Waals surface area contributed by atoms with Gasteiger partial charge in [-0.05, 0) is 39.3 Å². The second-order valence-electron chi connectivity index (χ2n) is 4.67. The van der Waals surface area contributed by atoms with Gasteiger partial charge in [0.15, 0.2) is 0 Å². The van der Waals surface area contributed by atoms with Gasteiger partial charge in [0.25, 0.3) is 0 Å². The Balaban J connectivity index is 2.19. The first-order valence-electron chi connectivity index (χ1n) is 6.04. The molecule has 1 aromatic heterocycles. The van der Waals surface area contributed by atoms with Crippen LogP contribution < -0.4 is 5.32 Å². The summed E-state index contributed by atoms with van der Waals surface area (Å²) >= 11 is 0. The highest BCUT2D eigenvalue weighted by Gasteiger charge is 2.09. The number of rotatable bonds is 3. The van der Waals surface area contributed by atoms with E-state index in [1.54, 1.807) is 0 Å². The largest absolute Gasteiger partial charge is 0.507 e. The first-order chi connectivity index (χ1) is 8.50. The van der Waals surface area contributed by atoms with Crippen molar-refractivity contribution >= 4 is 5.69 Å². The van der Waals surface area contributed by atoms with Gasteiger partial charge in [0.1, 0.15) is 5.75 Å². The number of phenolic OH excluding ortho intramolecular Hbond substituents is 1. The van der Waals surface area contributed by atoms with Crippen LogP contribution in [0.15, 0.2) is 12.1 Å². The van der Waals surface area contributed by atoms with E-state index in [9.17, 15) is 5.11 Å². The maximum atomic E-state index is 9.89. The summed E-state index contributed by atoms with van der Waals surface area (Å²) in [7, 11) is 0. The quantitative estimate of drug-likeness (QED) is 0.779. The molecular weight excluding hydrogens is 226 g/mol. The van der Waals surface area contributed by atoms with Gasteiger partial charge < -0.3 is 10.4 Å². The molecule has 0 amide bonds. The molecule has 2 aromatic rings. The number of phenols is 1. The van der Waals surface area contributed by atoms with Crippen molar-refractivity contribution in [2.24, 2.45) is 0 Å². The molecule has 0 saturated heterocycles. The molecule has 0 spiro atoms. The molecule has 0 bridgehead atoms. The molecule has 96 valence electrons. The Morgan fingerprint density at radius 3 is 2.56 bits per heavy atom. The summed E-state index contributed by atoms with van der Waals surface area (Å²) in [6.45, 7) is 8.52. The number of aromatic hydroxyl groups is 1. The Morgan fingerprint density at radius 2 is 1.94 bits per heavy atom. The number of aryl methyl sites for hydroxylation is 3. The Kier molecular flexibility index (Phi) is 3.28. The van der Waals surface area contributed by atoms with E-state index in [2.05, 4.69) is 15.5 Å². The fourth-order valence-corrected chi connectivity index (χ4v) is 2.05. The second-order valence-corrected chi connectivity index (χ2v) is 4.67. The van der Waals surface area contributed by atoms with Crippen LogP contribution in [0.25, 0.3) is 0 Å². The van der Waals surface area contributed by atoms with E-state index < -0.39 is 0 Å². The number of hydrogen-bond acceptors (Lipinski definition) is 3. The van der Waals surface area contributed by atoms with Crippen LogP contribution in [0.2, 0.25) is 0 Å². The second kappa shape index (κ2) is 4.72. The molecule has 0 unspecified atom stereocenters. The number of nitrogens with one attached hydrogen (secondary N) is 2. The van der Waals surface area contributed by atoms with Gasteiger partial charge >= 0.3 is 0 Å². The van der Waals surface area contributed by atoms with Crippen molar-refractivity contribution in [1.82, 2.24) is 10.2 Å². The Morgan fingerprint density at radius 1 is 1.22 bits per heavy atom. The van der Waals surface area contributed by atoms with Crippen molar-refractivity contribution in [3.05, 3.63) is 40.2 Å². The topological polar surface area (TPSA) is 60.9 Å². The lowest BCUT2D eigenvalue weighted by molar-refractivity contribution is 0.467. The maximum Gasteiger partial charge on any atom is 0.123 e. The van der Waals surface area contributed by atoms with Gasteiger partial charge in [-0.1, -0.05) is 6.07 Å². The van der Waals surface area contributed by atoms with Crippen LogP contribution in [-0.2, 0) is 6.54 Å². The van der Waals surface area contributed by atoms with Gasteiger partial charge in [-0.3, -0.25) is 5.10 Å². The number of aromatic nitrogens is 2. The molecule has 0 atom stereocenters. The molecule has 2 rings (SSSR count). The van der Waals surface area contributed by atoms with Crippen LogP contribution in [0.4, 0.5) is 5.69 Å². The first kappa shape index (κ1) is 12.5. The average molecular weight is 245 g/mol. The highest BCUT2D eigenvalue weighted by molar-refractivity contribution is 5.59. The maximum absolute atomic E-state index is 9.89. The van der Waals surface area contributed by atoms with Gasteiger partial charge in [0, 0.05) is 29.1 Å². The van der Waals surface area contributed by atoms with E-state index in [-0.39, 0.29) is 0 Å². The summed E-state index contributed by atoms with van der Waals surface area (Å²) in [6, 6.07) is 3.91. The van der Waals surface area contributed by atoms with Crippen molar-refractivity contribution in [3.8, 4) is 5.75 Å². The van der Waals surface area contributed by atoms with E-state index in [0.29, 0.717) is 12.3 Å². The summed E-state index contributed by atoms with van der Waals surface area (Å²) in [5.41, 5.74) is 6.00. The van der Waals surface area contributed by atoms with Crippen molar-refractivity contribution in [3.63, 3.8) is 0 Å². The minimum absolute atomic E-state index is 0.362. The Bertz CT molecular complexity index is 553. The Hall–Kier alpha value is -1.97. The summed E-state index contributed by atoms with van der Waals surface area (Å²) in [5, 5.41) is 20.4. The van der Waals surface area contributed by atoms with E-state index in [0.717, 1.165) is 28.2 Å². The number of nitrogens with zero attached hydrogens (tertiary/aromatic N) is 1. The fraction of sp³-hybridized carbons (Fsp3) is 0.357. The number of hydrogen-bond donors (Lipinski definition) is 3. The van der Waals surface area contributed by atoms with E-state index in [4.69, 9.17) is 0 Å². The van der Waals surface area contributed by atoms with Crippen LogP contribution in [0.5, 0.6) is 5.75 Å². The van der Waals surface area contributed by atoms with E-state index in [1.165, 1.54) is 5.56 Å². The molecule has 18 heavy (non-hydrogen) atoms. The van der Waals surface area contributed by atoms with E-state index >= 15 is 0 Å². The van der Waals surface area contributed by atoms with Crippen LogP contribution >= 0.6 is 0 Å². The van der Waals surface area contributed by atoms with Crippen molar-refractivity contribution in [2.75, 3.05) is 5.32 Å². The molecule has 4 heteroatoms. The monoisotopic (exact) mass is 245 g/mol. The van der Waals surface area contributed by atoms with Gasteiger partial charge in [-0.15, -0.1) is 0 Å². The standard InChI is InChI=1S/C14H19N3O/c1-8-5-6-13(9(2)14(8)18)15-7-12-10(3)16-17-11(12)4/h5-6,15,18H,7H2,1-4H3,(H,16,17). The number of aromatic amines is 1. The molecule has 0 radical (unpaired) electrons. The molecule has 1 heterocycles. The normalized spacial score (nSPS) is 10.7. The summed E-state index contributed by atoms with van der Waals surface area (Å²) in [5.74, 6) is 0.362. The van der Waals surface area contributed by atoms with Gasteiger partial charge in [0.05, 0.1) is 5.69 Å². The Labute approximate surface area is 107 Å². The zero-order chi connectivity index (χ0) is 13.3. The van der Waals surface area contributed by atoms with Gasteiger partial charge in [0.2, 0.25) is 0 Å². The SMILES string of the molecule is Cc1ccc(NCc2c(C)n[nH]c2C)c(C)c1O. The highest BCUT2D eigenvalue weighted by Crippen LogP contribution is 2.28. The molecule has 4 nitrogen and oxygen atoms in total. The third-order valence-corrected chi connectivity index (χ3v) is 3.37. The van der Waals surface area contributed by atoms with Crippen LogP contribution in [0, 0.1) is 27.7 Å². The summed E-state index contributed by atoms with van der Waals surface area (Å²) in [6.07, 6.45) is 0. The summed E-state index contributed by atoms with van der Waals surface area (Å²) < 4.78 is 0.